The van der Waals surface area contributed by atoms with Crippen LogP contribution in [0.3, 0.4) is 0 Å². The van der Waals surface area contributed by atoms with Crippen LogP contribution >= 0.6 is 0 Å². The maximum absolute atomic E-state index is 12.3. The summed E-state index contributed by atoms with van der Waals surface area (Å²) in [6, 6.07) is -1.08. The number of aliphatic carboxylic acids is 1. The summed E-state index contributed by atoms with van der Waals surface area (Å²) in [4.78, 5) is 24.4. The Morgan fingerprint density at radius 3 is 2.28 bits per heavy atom. The molecule has 0 radical (unpaired) electrons. The molecule has 4 heterocycles. The fraction of sp³-hybridized carbons (Fsp3) is 0.667. The van der Waals surface area contributed by atoms with Gasteiger partial charge in [-0.2, -0.15) is 0 Å². The number of hydrogen-bond donors (Lipinski definition) is 7. The molecule has 14 heteroatoms. The fourth-order valence-corrected chi connectivity index (χ4v) is 6.00. The number of aliphatic hydroxyl groups excluding tert-OH is 4. The van der Waals surface area contributed by atoms with Crippen molar-refractivity contribution in [3.8, 4) is 0 Å². The van der Waals surface area contributed by atoms with E-state index in [1.807, 2.05) is 6.08 Å². The van der Waals surface area contributed by atoms with Crippen molar-refractivity contribution in [1.29, 1.82) is 0 Å². The van der Waals surface area contributed by atoms with Gasteiger partial charge in [0.25, 0.3) is 0 Å². The zero-order valence-corrected chi connectivity index (χ0v) is 29.1. The van der Waals surface area contributed by atoms with Gasteiger partial charge in [-0.1, -0.05) is 68.9 Å². The Morgan fingerprint density at radius 1 is 0.940 bits per heavy atom. The Kier molecular flexibility index (Phi) is 16.4. The SMILES string of the molecule is CCC.C[C@@H]1C/C=C/C=C/C=C/C=C/[C@H](O[C@@H]2O[C@H](C)[C@@H](O)[C@H](N)[C@@H]2O)C[C@@H]2O[C@](O)(C[C@@H](O)C[C@H]3O[C@@H]3/C=C/C(=O)O1)C[C@H](O)[C@H]2C(=O)O. The minimum absolute atomic E-state index is 0.0789. The second-order valence-electron chi connectivity index (χ2n) is 13.3. The molecule has 14 atom stereocenters. The zero-order chi connectivity index (χ0) is 37.0. The molecule has 0 aromatic rings. The molecule has 4 aliphatic rings. The van der Waals surface area contributed by atoms with Gasteiger partial charge in [-0.05, 0) is 19.9 Å². The van der Waals surface area contributed by atoms with Gasteiger partial charge in [0, 0.05) is 38.2 Å². The van der Waals surface area contributed by atoms with Crippen LogP contribution in [0.25, 0.3) is 0 Å². The van der Waals surface area contributed by atoms with Crippen molar-refractivity contribution in [2.24, 2.45) is 11.7 Å². The number of hydrogen-bond acceptors (Lipinski definition) is 13. The molecule has 4 aliphatic heterocycles. The van der Waals surface area contributed by atoms with Crippen LogP contribution in [0.15, 0.2) is 60.8 Å². The number of carbonyl (C=O) groups is 2. The molecule has 0 spiro atoms. The summed E-state index contributed by atoms with van der Waals surface area (Å²) in [7, 11) is 0. The van der Waals surface area contributed by atoms with E-state index in [4.69, 9.17) is 29.4 Å². The minimum Gasteiger partial charge on any atom is -0.481 e. The van der Waals surface area contributed by atoms with Crippen LogP contribution in [0, 0.1) is 5.92 Å². The maximum Gasteiger partial charge on any atom is 0.330 e. The molecule has 282 valence electrons. The number of cyclic esters (lactones) is 1. The van der Waals surface area contributed by atoms with Crippen molar-refractivity contribution < 1.29 is 63.9 Å². The summed E-state index contributed by atoms with van der Waals surface area (Å²) in [6.45, 7) is 7.59. The van der Waals surface area contributed by atoms with Crippen molar-refractivity contribution in [2.75, 3.05) is 0 Å². The molecule has 2 bridgehead atoms. The number of esters is 1. The molecule has 4 rings (SSSR count). The molecule has 0 aliphatic carbocycles. The van der Waals surface area contributed by atoms with E-state index >= 15 is 0 Å². The van der Waals surface area contributed by atoms with Gasteiger partial charge in [0.05, 0.1) is 48.8 Å². The van der Waals surface area contributed by atoms with Crippen LogP contribution in [0.5, 0.6) is 0 Å². The third-order valence-corrected chi connectivity index (χ3v) is 8.58. The van der Waals surface area contributed by atoms with Crippen LogP contribution in [0.2, 0.25) is 0 Å². The highest BCUT2D eigenvalue weighted by Gasteiger charge is 2.51. The normalized spacial score (nSPS) is 44.8. The highest BCUT2D eigenvalue weighted by Crippen LogP contribution is 2.39. The molecule has 8 N–H and O–H groups in total. The molecular formula is C36H55NO13. The molecule has 0 aromatic carbocycles. The van der Waals surface area contributed by atoms with Gasteiger partial charge in [-0.25, -0.2) is 4.79 Å². The highest BCUT2D eigenvalue weighted by atomic mass is 16.7. The Hall–Kier alpha value is -2.76. The van der Waals surface area contributed by atoms with Gasteiger partial charge in [0.15, 0.2) is 12.1 Å². The number of allylic oxidation sites excluding steroid dienone is 6. The van der Waals surface area contributed by atoms with E-state index in [2.05, 4.69) is 13.8 Å². The van der Waals surface area contributed by atoms with Crippen molar-refractivity contribution in [1.82, 2.24) is 0 Å². The Morgan fingerprint density at radius 2 is 1.60 bits per heavy atom. The van der Waals surface area contributed by atoms with E-state index in [-0.39, 0.29) is 25.4 Å². The van der Waals surface area contributed by atoms with Crippen molar-refractivity contribution in [2.45, 2.75) is 145 Å². The highest BCUT2D eigenvalue weighted by molar-refractivity contribution is 5.82. The minimum atomic E-state index is -2.10. The first-order valence-corrected chi connectivity index (χ1v) is 17.3. The van der Waals surface area contributed by atoms with E-state index < -0.39 is 97.3 Å². The lowest BCUT2D eigenvalue weighted by atomic mass is 9.83. The van der Waals surface area contributed by atoms with Gasteiger partial charge in [0.1, 0.15) is 24.2 Å². The van der Waals surface area contributed by atoms with E-state index in [1.54, 1.807) is 56.4 Å². The number of ether oxygens (including phenoxy) is 5. The Labute approximate surface area is 293 Å². The third-order valence-electron chi connectivity index (χ3n) is 8.58. The number of rotatable bonds is 3. The predicted octanol–water partition coefficient (Wildman–Crippen LogP) is 1.54. The largest absolute Gasteiger partial charge is 0.481 e. The van der Waals surface area contributed by atoms with Gasteiger partial charge >= 0.3 is 11.9 Å². The average molecular weight is 710 g/mol. The Balaban J connectivity index is 0.00000217. The lowest BCUT2D eigenvalue weighted by molar-refractivity contribution is -0.308. The molecule has 3 fully saturated rings. The number of epoxide rings is 1. The summed E-state index contributed by atoms with van der Waals surface area (Å²) >= 11 is 0. The molecule has 50 heavy (non-hydrogen) atoms. The van der Waals surface area contributed by atoms with Gasteiger partial charge in [-0.3, -0.25) is 4.79 Å². The molecular weight excluding hydrogens is 654 g/mol. The van der Waals surface area contributed by atoms with Crippen LogP contribution in [0.1, 0.15) is 66.2 Å². The lowest BCUT2D eigenvalue weighted by Gasteiger charge is -2.45. The molecule has 0 unspecified atom stereocenters. The molecule has 3 saturated heterocycles. The summed E-state index contributed by atoms with van der Waals surface area (Å²) in [5.74, 6) is -5.45. The van der Waals surface area contributed by atoms with Crippen LogP contribution in [-0.4, -0.2) is 122 Å². The van der Waals surface area contributed by atoms with Crippen LogP contribution < -0.4 is 5.73 Å². The molecule has 0 amide bonds. The number of fused-ring (bicyclic) bond motifs is 3. The summed E-state index contributed by atoms with van der Waals surface area (Å²) < 4.78 is 28.5. The molecule has 0 saturated carbocycles. The van der Waals surface area contributed by atoms with Gasteiger partial charge < -0.3 is 60.1 Å². The monoisotopic (exact) mass is 709 g/mol. The smallest absolute Gasteiger partial charge is 0.330 e. The quantitative estimate of drug-likeness (QED) is 0.163. The molecule has 0 aromatic heterocycles. The number of carboxylic acid groups (broad SMARTS) is 1. The van der Waals surface area contributed by atoms with Crippen molar-refractivity contribution in [3.05, 3.63) is 60.8 Å². The first kappa shape index (κ1) is 41.7. The fourth-order valence-electron chi connectivity index (χ4n) is 6.00. The summed E-state index contributed by atoms with van der Waals surface area (Å²) in [5.41, 5.74) is 5.98. The van der Waals surface area contributed by atoms with Crippen LogP contribution in [0.4, 0.5) is 0 Å². The average Bonchev–Trinajstić information content (AvgIpc) is 3.76. The number of carboxylic acids is 1. The van der Waals surface area contributed by atoms with Crippen molar-refractivity contribution in [3.63, 3.8) is 0 Å². The van der Waals surface area contributed by atoms with E-state index in [0.717, 1.165) is 0 Å². The number of carbonyl (C=O) groups excluding carboxylic acids is 1. The van der Waals surface area contributed by atoms with Crippen LogP contribution in [-0.2, 0) is 33.3 Å². The number of aliphatic hydroxyl groups is 5. The molecule has 14 nitrogen and oxygen atoms in total. The standard InChI is InChI=1S/C33H47NO13.C3H8/c1-18-10-8-6-4-3-5-7-9-11-21(45-32-30(39)28(34)29(38)19(2)44-32)15-25-27(31(40)41)22(36)17-33(42,47-25)16-20(35)14-24-23(46-24)12-13-26(37)43-18;1-3-2/h3-9,11-13,18-25,27-30,32,35-36,38-39,42H,10,14-17,34H2,1-2H3,(H,40,41);3H2,1-2H3/b4-3+,7-5+,8-6+,11-9+,13-12+;/t18-,19-,20+,21+,22+,23-,24-,25+,27-,28+,29-,30+,32+,33-;/m1./s1. The predicted molar refractivity (Wildman–Crippen MR) is 181 cm³/mol. The van der Waals surface area contributed by atoms with E-state index in [0.29, 0.717) is 6.42 Å². The second-order valence-corrected chi connectivity index (χ2v) is 13.3. The Bertz CT molecular complexity index is 1240. The first-order valence-electron chi connectivity index (χ1n) is 17.3. The van der Waals surface area contributed by atoms with Gasteiger partial charge in [-0.15, -0.1) is 0 Å². The second kappa shape index (κ2) is 19.7. The van der Waals surface area contributed by atoms with E-state index in [9.17, 15) is 40.2 Å². The third kappa shape index (κ3) is 12.8. The number of nitrogens with two attached hydrogens (primary N) is 1. The summed E-state index contributed by atoms with van der Waals surface area (Å²) in [6.07, 6.45) is 6.50. The lowest BCUT2D eigenvalue weighted by Crippen LogP contribution is -2.61. The first-order chi connectivity index (χ1) is 23.7. The zero-order valence-electron chi connectivity index (χ0n) is 29.1. The summed E-state index contributed by atoms with van der Waals surface area (Å²) in [5, 5.41) is 63.9. The van der Waals surface area contributed by atoms with E-state index in [1.165, 1.54) is 18.6 Å². The topological polar surface area (TPSA) is 231 Å². The van der Waals surface area contributed by atoms with Crippen molar-refractivity contribution >= 4 is 11.9 Å². The van der Waals surface area contributed by atoms with Gasteiger partial charge in [0.2, 0.25) is 0 Å². The maximum atomic E-state index is 12.3.